The van der Waals surface area contributed by atoms with Crippen LogP contribution in [0.3, 0.4) is 0 Å². The van der Waals surface area contributed by atoms with E-state index >= 15 is 0 Å². The maximum absolute atomic E-state index is 12.5. The largest absolute Gasteiger partial charge is 0.340 e. The Kier molecular flexibility index (Phi) is 3.40. The number of likely N-dealkylation sites (tertiary alicyclic amines) is 1. The second-order valence-electron chi connectivity index (χ2n) is 4.47. The molecule has 1 amide bonds. The molecular formula is C12H12BrN3O2S. The molecule has 1 aliphatic heterocycles. The number of thiophene rings is 1. The molecule has 0 unspecified atom stereocenters. The molecule has 0 spiro atoms. The number of carbonyl (C=O) groups is 1. The van der Waals surface area contributed by atoms with Gasteiger partial charge >= 0.3 is 0 Å². The third-order valence-corrected chi connectivity index (χ3v) is 4.67. The van der Waals surface area contributed by atoms with E-state index in [0.717, 1.165) is 23.2 Å². The van der Waals surface area contributed by atoms with Gasteiger partial charge in [0.2, 0.25) is 5.89 Å². The summed E-state index contributed by atoms with van der Waals surface area (Å²) in [5.41, 5.74) is 0.712. The average molecular weight is 342 g/mol. The monoisotopic (exact) mass is 341 g/mol. The zero-order valence-corrected chi connectivity index (χ0v) is 12.7. The molecule has 0 radical (unpaired) electrons. The summed E-state index contributed by atoms with van der Waals surface area (Å²) >= 11 is 4.89. The van der Waals surface area contributed by atoms with Gasteiger partial charge in [0.05, 0.1) is 15.4 Å². The molecule has 1 saturated heterocycles. The number of carbonyl (C=O) groups excluding carboxylic acids is 1. The summed E-state index contributed by atoms with van der Waals surface area (Å²) in [6, 6.07) is 1.78. The van der Waals surface area contributed by atoms with Gasteiger partial charge in [-0.2, -0.15) is 4.98 Å². The molecule has 5 nitrogen and oxygen atoms in total. The van der Waals surface area contributed by atoms with E-state index in [-0.39, 0.29) is 11.9 Å². The molecule has 0 aromatic carbocycles. The number of halogens is 1. The van der Waals surface area contributed by atoms with E-state index in [9.17, 15) is 4.79 Å². The minimum atomic E-state index is -0.0661. The molecule has 3 rings (SSSR count). The third kappa shape index (κ3) is 2.44. The number of nitrogens with zero attached hydrogens (tertiary/aromatic N) is 3. The summed E-state index contributed by atoms with van der Waals surface area (Å²) in [6.45, 7) is 2.50. The van der Waals surface area contributed by atoms with Crippen molar-refractivity contribution in [3.05, 3.63) is 32.5 Å². The topological polar surface area (TPSA) is 59.2 Å². The molecule has 7 heteroatoms. The molecular weight excluding hydrogens is 330 g/mol. The van der Waals surface area contributed by atoms with Crippen LogP contribution in [0.2, 0.25) is 0 Å². The van der Waals surface area contributed by atoms with Crippen molar-refractivity contribution in [3.8, 4) is 0 Å². The van der Waals surface area contributed by atoms with Crippen LogP contribution in [0.4, 0.5) is 0 Å². The van der Waals surface area contributed by atoms with Crippen LogP contribution in [0.25, 0.3) is 0 Å². The normalized spacial score (nSPS) is 19.1. The van der Waals surface area contributed by atoms with Crippen molar-refractivity contribution in [2.75, 3.05) is 6.54 Å². The zero-order valence-electron chi connectivity index (χ0n) is 10.3. The number of hydrogen-bond acceptors (Lipinski definition) is 5. The SMILES string of the molecule is Cc1nc([C@H]2CCCN2C(=O)c2csc(Br)c2)no1. The predicted octanol–water partition coefficient (Wildman–Crippen LogP) is 3.18. The number of amides is 1. The van der Waals surface area contributed by atoms with Gasteiger partial charge in [0, 0.05) is 18.8 Å². The number of aryl methyl sites for hydroxylation is 1. The lowest BCUT2D eigenvalue weighted by Crippen LogP contribution is -2.30. The van der Waals surface area contributed by atoms with E-state index in [2.05, 4.69) is 26.1 Å². The highest BCUT2D eigenvalue weighted by atomic mass is 79.9. The van der Waals surface area contributed by atoms with E-state index in [1.54, 1.807) is 6.92 Å². The van der Waals surface area contributed by atoms with Crippen LogP contribution >= 0.6 is 27.3 Å². The first-order valence-electron chi connectivity index (χ1n) is 6.00. The van der Waals surface area contributed by atoms with Crippen LogP contribution in [0.15, 0.2) is 19.8 Å². The van der Waals surface area contributed by atoms with Crippen LogP contribution in [0.5, 0.6) is 0 Å². The lowest BCUT2D eigenvalue weighted by Gasteiger charge is -2.21. The Hall–Kier alpha value is -1.21. The van der Waals surface area contributed by atoms with Crippen LogP contribution < -0.4 is 0 Å². The summed E-state index contributed by atoms with van der Waals surface area (Å²) in [7, 11) is 0. The highest BCUT2D eigenvalue weighted by Crippen LogP contribution is 2.32. The van der Waals surface area contributed by atoms with Gasteiger partial charge in [0.25, 0.3) is 5.91 Å². The standard InChI is InChI=1S/C12H12BrN3O2S/c1-7-14-11(15-18-7)9-3-2-4-16(9)12(17)8-5-10(13)19-6-8/h5-6,9H,2-4H2,1H3/t9-/m1/s1. The molecule has 0 aliphatic carbocycles. The molecule has 19 heavy (non-hydrogen) atoms. The van der Waals surface area contributed by atoms with E-state index in [1.165, 1.54) is 11.3 Å². The first-order chi connectivity index (χ1) is 9.15. The quantitative estimate of drug-likeness (QED) is 0.841. The fourth-order valence-electron chi connectivity index (χ4n) is 2.32. The third-order valence-electron chi connectivity index (χ3n) is 3.17. The molecule has 2 aromatic rings. The lowest BCUT2D eigenvalue weighted by molar-refractivity contribution is 0.0729. The Morgan fingerprint density at radius 1 is 1.63 bits per heavy atom. The van der Waals surface area contributed by atoms with E-state index in [0.29, 0.717) is 17.3 Å². The summed E-state index contributed by atoms with van der Waals surface area (Å²) in [5, 5.41) is 5.81. The number of aromatic nitrogens is 2. The van der Waals surface area contributed by atoms with E-state index < -0.39 is 0 Å². The Labute approximate surface area is 122 Å². The summed E-state index contributed by atoms with van der Waals surface area (Å²) in [4.78, 5) is 18.6. The van der Waals surface area contributed by atoms with Crippen molar-refractivity contribution in [2.45, 2.75) is 25.8 Å². The first-order valence-corrected chi connectivity index (χ1v) is 7.67. The molecule has 0 bridgehead atoms. The van der Waals surface area contributed by atoms with Crippen molar-refractivity contribution in [1.29, 1.82) is 0 Å². The van der Waals surface area contributed by atoms with Gasteiger partial charge in [-0.25, -0.2) is 0 Å². The maximum atomic E-state index is 12.5. The van der Waals surface area contributed by atoms with Crippen LogP contribution in [-0.2, 0) is 0 Å². The molecule has 0 N–H and O–H groups in total. The van der Waals surface area contributed by atoms with Crippen molar-refractivity contribution in [3.63, 3.8) is 0 Å². The fourth-order valence-corrected chi connectivity index (χ4v) is 3.45. The van der Waals surface area contributed by atoms with Gasteiger partial charge < -0.3 is 9.42 Å². The van der Waals surface area contributed by atoms with Crippen molar-refractivity contribution < 1.29 is 9.32 Å². The highest BCUT2D eigenvalue weighted by Gasteiger charge is 2.33. The van der Waals surface area contributed by atoms with Crippen molar-refractivity contribution >= 4 is 33.2 Å². The van der Waals surface area contributed by atoms with E-state index in [4.69, 9.17) is 4.52 Å². The molecule has 0 saturated carbocycles. The van der Waals surface area contributed by atoms with Crippen LogP contribution in [0.1, 0.15) is 41.0 Å². The molecule has 3 heterocycles. The Bertz CT molecular complexity index is 610. The second-order valence-corrected chi connectivity index (χ2v) is 6.76. The summed E-state index contributed by atoms with van der Waals surface area (Å²) < 4.78 is 5.97. The van der Waals surface area contributed by atoms with Crippen LogP contribution in [0, 0.1) is 6.92 Å². The van der Waals surface area contributed by atoms with Crippen LogP contribution in [-0.4, -0.2) is 27.5 Å². The van der Waals surface area contributed by atoms with Gasteiger partial charge in [0.1, 0.15) is 0 Å². The summed E-state index contributed by atoms with van der Waals surface area (Å²) in [5.74, 6) is 1.18. The van der Waals surface area contributed by atoms with Gasteiger partial charge in [-0.05, 0) is 34.8 Å². The smallest absolute Gasteiger partial charge is 0.255 e. The minimum absolute atomic E-state index is 0.0342. The van der Waals surface area contributed by atoms with Gasteiger partial charge in [0.15, 0.2) is 5.82 Å². The van der Waals surface area contributed by atoms with Gasteiger partial charge in [-0.3, -0.25) is 4.79 Å². The zero-order chi connectivity index (χ0) is 13.4. The fraction of sp³-hybridized carbons (Fsp3) is 0.417. The lowest BCUT2D eigenvalue weighted by atomic mass is 10.2. The minimum Gasteiger partial charge on any atom is -0.340 e. The first kappa shape index (κ1) is 12.8. The second kappa shape index (κ2) is 5.05. The van der Waals surface area contributed by atoms with Gasteiger partial charge in [-0.1, -0.05) is 5.16 Å². The molecule has 1 aliphatic rings. The number of hydrogen-bond donors (Lipinski definition) is 0. The van der Waals surface area contributed by atoms with Gasteiger partial charge in [-0.15, -0.1) is 11.3 Å². The Morgan fingerprint density at radius 2 is 2.47 bits per heavy atom. The van der Waals surface area contributed by atoms with Crippen molar-refractivity contribution in [2.24, 2.45) is 0 Å². The number of rotatable bonds is 2. The molecule has 1 fully saturated rings. The average Bonchev–Trinajstić information content (AvgIpc) is 3.07. The van der Waals surface area contributed by atoms with Crippen molar-refractivity contribution in [1.82, 2.24) is 15.0 Å². The summed E-state index contributed by atoms with van der Waals surface area (Å²) in [6.07, 6.45) is 1.85. The molecule has 1 atom stereocenters. The molecule has 100 valence electrons. The highest BCUT2D eigenvalue weighted by molar-refractivity contribution is 9.11. The Morgan fingerprint density at radius 3 is 3.11 bits per heavy atom. The van der Waals surface area contributed by atoms with E-state index in [1.807, 2.05) is 16.3 Å². The molecule has 2 aromatic heterocycles. The predicted molar refractivity (Wildman–Crippen MR) is 74.1 cm³/mol. The maximum Gasteiger partial charge on any atom is 0.255 e. The Balaban J connectivity index is 1.85.